The highest BCUT2D eigenvalue weighted by Gasteiger charge is 2.48. The van der Waals surface area contributed by atoms with Crippen LogP contribution in [-0.2, 0) is 9.59 Å². The highest BCUT2D eigenvalue weighted by molar-refractivity contribution is 6.51. The minimum absolute atomic E-state index is 0.0665. The van der Waals surface area contributed by atoms with Gasteiger partial charge in [0.05, 0.1) is 5.57 Å². The summed E-state index contributed by atoms with van der Waals surface area (Å²) >= 11 is 0. The average Bonchev–Trinajstić information content (AvgIpc) is 3.28. The molecule has 1 amide bonds. The molecule has 170 valence electrons. The van der Waals surface area contributed by atoms with E-state index in [1.807, 2.05) is 0 Å². The Bertz CT molecular complexity index is 1260. The number of nitrogens with zero attached hydrogens (tertiary/aromatic N) is 1. The van der Waals surface area contributed by atoms with E-state index in [9.17, 15) is 32.3 Å². The molecular formula is C23H15F4NO5. The van der Waals surface area contributed by atoms with E-state index in [1.54, 1.807) is 13.0 Å². The van der Waals surface area contributed by atoms with Crippen LogP contribution in [0.15, 0.2) is 70.7 Å². The molecule has 2 heterocycles. The molecule has 6 nitrogen and oxygen atoms in total. The molecule has 1 aliphatic rings. The number of ketones is 1. The number of anilines is 1. The molecular weight excluding hydrogens is 446 g/mol. The number of amides is 1. The minimum Gasteiger partial charge on any atom is -0.507 e. The number of carbonyl (C=O) groups is 2. The van der Waals surface area contributed by atoms with Gasteiger partial charge in [0, 0.05) is 17.3 Å². The molecule has 1 aromatic heterocycles. The van der Waals surface area contributed by atoms with Gasteiger partial charge < -0.3 is 14.3 Å². The van der Waals surface area contributed by atoms with E-state index in [0.29, 0.717) is 5.76 Å². The van der Waals surface area contributed by atoms with Gasteiger partial charge in [-0.05, 0) is 55.5 Å². The zero-order chi connectivity index (χ0) is 23.9. The lowest BCUT2D eigenvalue weighted by molar-refractivity contribution is -0.274. The first-order chi connectivity index (χ1) is 15.5. The monoisotopic (exact) mass is 461 g/mol. The maximum absolute atomic E-state index is 13.3. The largest absolute Gasteiger partial charge is 0.573 e. The van der Waals surface area contributed by atoms with Gasteiger partial charge in [0.1, 0.15) is 34.9 Å². The lowest BCUT2D eigenvalue weighted by Crippen LogP contribution is -2.29. The van der Waals surface area contributed by atoms with Gasteiger partial charge in [-0.25, -0.2) is 4.39 Å². The number of hydrogen-bond acceptors (Lipinski definition) is 5. The molecule has 1 aliphatic heterocycles. The Morgan fingerprint density at radius 2 is 1.76 bits per heavy atom. The zero-order valence-electron chi connectivity index (χ0n) is 16.9. The predicted molar refractivity (Wildman–Crippen MR) is 108 cm³/mol. The van der Waals surface area contributed by atoms with Crippen molar-refractivity contribution in [3.63, 3.8) is 0 Å². The molecule has 0 saturated carbocycles. The first-order valence-electron chi connectivity index (χ1n) is 9.54. The van der Waals surface area contributed by atoms with E-state index in [4.69, 9.17) is 4.42 Å². The highest BCUT2D eigenvalue weighted by atomic mass is 19.4. The summed E-state index contributed by atoms with van der Waals surface area (Å²) in [5.74, 6) is -3.41. The van der Waals surface area contributed by atoms with E-state index in [2.05, 4.69) is 4.74 Å². The van der Waals surface area contributed by atoms with Crippen molar-refractivity contribution >= 4 is 23.1 Å². The van der Waals surface area contributed by atoms with Crippen LogP contribution in [0.2, 0.25) is 0 Å². The number of furan rings is 1. The van der Waals surface area contributed by atoms with Crippen LogP contribution in [0.1, 0.15) is 23.1 Å². The summed E-state index contributed by atoms with van der Waals surface area (Å²) in [6.45, 7) is 1.62. The highest BCUT2D eigenvalue weighted by Crippen LogP contribution is 2.43. The van der Waals surface area contributed by atoms with Gasteiger partial charge in [0.2, 0.25) is 0 Å². The smallest absolute Gasteiger partial charge is 0.507 e. The fourth-order valence-electron chi connectivity index (χ4n) is 3.56. The maximum Gasteiger partial charge on any atom is 0.573 e. The number of Topliss-reactive ketones (excluding diaryl/α,β-unsaturated/α-hetero) is 1. The number of hydrogen-bond donors (Lipinski definition) is 1. The lowest BCUT2D eigenvalue weighted by atomic mass is 9.99. The molecule has 1 saturated heterocycles. The number of ether oxygens (including phenoxy) is 1. The van der Waals surface area contributed by atoms with E-state index in [1.165, 1.54) is 30.3 Å². The molecule has 1 fully saturated rings. The van der Waals surface area contributed by atoms with Gasteiger partial charge in [-0.2, -0.15) is 0 Å². The molecule has 0 spiro atoms. The Balaban J connectivity index is 1.88. The van der Waals surface area contributed by atoms with Crippen molar-refractivity contribution in [2.45, 2.75) is 19.3 Å². The summed E-state index contributed by atoms with van der Waals surface area (Å²) in [5.41, 5.74) is -0.379. The summed E-state index contributed by atoms with van der Waals surface area (Å²) in [6.07, 6.45) is -4.97. The van der Waals surface area contributed by atoms with Crippen LogP contribution >= 0.6 is 0 Å². The van der Waals surface area contributed by atoms with Gasteiger partial charge in [0.15, 0.2) is 0 Å². The Morgan fingerprint density at radius 3 is 2.36 bits per heavy atom. The number of alkyl halides is 3. The van der Waals surface area contributed by atoms with E-state index in [-0.39, 0.29) is 22.6 Å². The molecule has 10 heteroatoms. The minimum atomic E-state index is -4.97. The molecule has 1 atom stereocenters. The summed E-state index contributed by atoms with van der Waals surface area (Å²) < 4.78 is 60.9. The average molecular weight is 461 g/mol. The second kappa shape index (κ2) is 8.12. The molecule has 0 aliphatic carbocycles. The SMILES string of the molecule is Cc1ccc(C2/C(=C(/O)c3ccc(F)cc3)C(=O)C(=O)N2c2cccc(OC(F)(F)F)c2)o1. The lowest BCUT2D eigenvalue weighted by Gasteiger charge is -2.24. The zero-order valence-corrected chi connectivity index (χ0v) is 16.9. The first kappa shape index (κ1) is 22.1. The van der Waals surface area contributed by atoms with Crippen LogP contribution < -0.4 is 9.64 Å². The molecule has 4 rings (SSSR count). The Morgan fingerprint density at radius 1 is 1.06 bits per heavy atom. The Kier molecular flexibility index (Phi) is 5.44. The van der Waals surface area contributed by atoms with Crippen molar-refractivity contribution in [3.8, 4) is 5.75 Å². The molecule has 2 aromatic carbocycles. The number of aliphatic hydroxyl groups excluding tert-OH is 1. The number of halogens is 4. The normalized spacial score (nSPS) is 18.1. The molecule has 3 aromatic rings. The van der Waals surface area contributed by atoms with Crippen molar-refractivity contribution in [2.24, 2.45) is 0 Å². The molecule has 0 bridgehead atoms. The van der Waals surface area contributed by atoms with Crippen molar-refractivity contribution in [1.29, 1.82) is 0 Å². The second-order valence-corrected chi connectivity index (χ2v) is 7.17. The number of aryl methyl sites for hydroxylation is 1. The third-order valence-corrected chi connectivity index (χ3v) is 4.92. The van der Waals surface area contributed by atoms with E-state index in [0.717, 1.165) is 29.2 Å². The van der Waals surface area contributed by atoms with Crippen molar-refractivity contribution in [3.05, 3.63) is 89.1 Å². The fourth-order valence-corrected chi connectivity index (χ4v) is 3.56. The topological polar surface area (TPSA) is 80.0 Å². The first-order valence-corrected chi connectivity index (χ1v) is 9.54. The summed E-state index contributed by atoms with van der Waals surface area (Å²) in [7, 11) is 0. The van der Waals surface area contributed by atoms with Crippen molar-refractivity contribution in [2.75, 3.05) is 4.90 Å². The fraction of sp³-hybridized carbons (Fsp3) is 0.130. The van der Waals surface area contributed by atoms with Crippen LogP contribution in [0.4, 0.5) is 23.2 Å². The number of benzene rings is 2. The number of aliphatic hydroxyl groups is 1. The maximum atomic E-state index is 13.3. The second-order valence-electron chi connectivity index (χ2n) is 7.17. The third kappa shape index (κ3) is 4.32. The van der Waals surface area contributed by atoms with Crippen LogP contribution in [0.5, 0.6) is 5.75 Å². The van der Waals surface area contributed by atoms with Crippen molar-refractivity contribution < 1.29 is 41.4 Å². The summed E-state index contributed by atoms with van der Waals surface area (Å²) in [5, 5.41) is 10.9. The molecule has 1 N–H and O–H groups in total. The quantitative estimate of drug-likeness (QED) is 0.248. The molecule has 33 heavy (non-hydrogen) atoms. The summed E-state index contributed by atoms with van der Waals surface area (Å²) in [6, 6.07) is 10.9. The van der Waals surface area contributed by atoms with Gasteiger partial charge in [-0.1, -0.05) is 6.07 Å². The van der Waals surface area contributed by atoms with Gasteiger partial charge in [0.25, 0.3) is 11.7 Å². The predicted octanol–water partition coefficient (Wildman–Crippen LogP) is 5.25. The van der Waals surface area contributed by atoms with Crippen LogP contribution in [0, 0.1) is 12.7 Å². The molecule has 1 unspecified atom stereocenters. The molecule has 0 radical (unpaired) electrons. The third-order valence-electron chi connectivity index (χ3n) is 4.92. The van der Waals surface area contributed by atoms with E-state index >= 15 is 0 Å². The summed E-state index contributed by atoms with van der Waals surface area (Å²) in [4.78, 5) is 26.8. The Labute approximate surface area is 184 Å². The van der Waals surface area contributed by atoms with Gasteiger partial charge in [-0.15, -0.1) is 13.2 Å². The Hall–Kier alpha value is -4.08. The van der Waals surface area contributed by atoms with E-state index < -0.39 is 41.4 Å². The van der Waals surface area contributed by atoms with Crippen LogP contribution in [0.3, 0.4) is 0 Å². The van der Waals surface area contributed by atoms with Crippen molar-refractivity contribution in [1.82, 2.24) is 0 Å². The van der Waals surface area contributed by atoms with Crippen LogP contribution in [-0.4, -0.2) is 23.2 Å². The van der Waals surface area contributed by atoms with Gasteiger partial charge >= 0.3 is 6.36 Å². The van der Waals surface area contributed by atoms with Crippen LogP contribution in [0.25, 0.3) is 5.76 Å². The number of carbonyl (C=O) groups excluding carboxylic acids is 2. The standard InChI is InChI=1S/C23H15F4NO5/c1-12-5-10-17(32-12)19-18(20(29)13-6-8-14(24)9-7-13)21(30)22(31)28(19)15-3-2-4-16(11-15)33-23(25,26)27/h2-11,19,29H,1H3/b20-18-. The van der Waals surface area contributed by atoms with Gasteiger partial charge in [-0.3, -0.25) is 14.5 Å². The number of rotatable bonds is 4.